The fourth-order valence-electron chi connectivity index (χ4n) is 0.978. The maximum atomic E-state index is 5.38. The van der Waals surface area contributed by atoms with Gasteiger partial charge in [0.1, 0.15) is 6.26 Å². The van der Waals surface area contributed by atoms with E-state index in [0.717, 1.165) is 4.47 Å². The van der Waals surface area contributed by atoms with Crippen LogP contribution in [0.2, 0.25) is 0 Å². The minimum Gasteiger partial charge on any atom is -0.417 e. The maximum Gasteiger partial charge on any atom is 0.399 e. The number of pyridine rings is 1. The molecule has 78 valence electrons. The molecule has 0 saturated carbocycles. The molecule has 6 heteroatoms. The Morgan fingerprint density at radius 3 is 3.00 bits per heavy atom. The van der Waals surface area contributed by atoms with Gasteiger partial charge in [-0.2, -0.15) is 4.98 Å². The Hall–Kier alpha value is -1.40. The Balaban J connectivity index is 2.14. The summed E-state index contributed by atoms with van der Waals surface area (Å²) in [6.45, 7) is 0.323. The van der Waals surface area contributed by atoms with Gasteiger partial charge in [-0.3, -0.25) is 4.98 Å². The summed E-state index contributed by atoms with van der Waals surface area (Å²) in [4.78, 5) is 7.94. The molecule has 0 aliphatic carbocycles. The fraction of sp³-hybridized carbons (Fsp3) is 0.111. The number of rotatable bonds is 3. The first-order valence-electron chi connectivity index (χ1n) is 4.21. The molecule has 2 heterocycles. The molecule has 0 radical (unpaired) electrons. The van der Waals surface area contributed by atoms with Crippen molar-refractivity contribution in [3.05, 3.63) is 34.9 Å². The molecule has 0 saturated heterocycles. The van der Waals surface area contributed by atoms with Gasteiger partial charge in [-0.15, -0.1) is 0 Å². The molecule has 5 nitrogen and oxygen atoms in total. The summed E-state index contributed by atoms with van der Waals surface area (Å²) in [5.41, 5.74) is 6.03. The van der Waals surface area contributed by atoms with Crippen molar-refractivity contribution in [1.82, 2.24) is 9.97 Å². The number of ether oxygens (including phenoxy) is 1. The first-order chi connectivity index (χ1) is 7.28. The van der Waals surface area contributed by atoms with Crippen molar-refractivity contribution in [1.29, 1.82) is 0 Å². The lowest BCUT2D eigenvalue weighted by Gasteiger charge is -1.99. The first-order valence-corrected chi connectivity index (χ1v) is 5.00. The van der Waals surface area contributed by atoms with Crippen molar-refractivity contribution in [3.8, 4) is 11.8 Å². The van der Waals surface area contributed by atoms with Gasteiger partial charge in [-0.1, -0.05) is 0 Å². The van der Waals surface area contributed by atoms with Crippen molar-refractivity contribution >= 4 is 15.9 Å². The van der Waals surface area contributed by atoms with Crippen molar-refractivity contribution in [2.45, 2.75) is 6.54 Å². The zero-order valence-corrected chi connectivity index (χ0v) is 9.27. The number of hydrogen-bond acceptors (Lipinski definition) is 5. The molecule has 0 aliphatic heterocycles. The third kappa shape index (κ3) is 2.54. The first kappa shape index (κ1) is 10.1. The highest BCUT2D eigenvalue weighted by molar-refractivity contribution is 9.10. The molecule has 2 aromatic rings. The minimum atomic E-state index is 0.162. The Labute approximate surface area is 94.4 Å². The average molecular weight is 270 g/mol. The monoisotopic (exact) mass is 269 g/mol. The number of halogens is 1. The number of oxazole rings is 1. The van der Waals surface area contributed by atoms with E-state index in [4.69, 9.17) is 14.9 Å². The summed E-state index contributed by atoms with van der Waals surface area (Å²) in [6, 6.07) is 1.76. The second-order valence-corrected chi connectivity index (χ2v) is 3.67. The second kappa shape index (κ2) is 4.41. The molecule has 0 bridgehead atoms. The Kier molecular flexibility index (Phi) is 2.98. The predicted molar refractivity (Wildman–Crippen MR) is 56.4 cm³/mol. The minimum absolute atomic E-state index is 0.162. The van der Waals surface area contributed by atoms with Gasteiger partial charge >= 0.3 is 6.08 Å². The van der Waals surface area contributed by atoms with Gasteiger partial charge in [0.25, 0.3) is 0 Å². The van der Waals surface area contributed by atoms with Gasteiger partial charge in [0.15, 0.2) is 5.75 Å². The zero-order chi connectivity index (χ0) is 10.7. The van der Waals surface area contributed by atoms with E-state index in [2.05, 4.69) is 25.9 Å². The van der Waals surface area contributed by atoms with Crippen LogP contribution >= 0.6 is 15.9 Å². The molecule has 2 N–H and O–H groups in total. The average Bonchev–Trinajstić information content (AvgIpc) is 2.65. The maximum absolute atomic E-state index is 5.38. The van der Waals surface area contributed by atoms with Crippen molar-refractivity contribution < 1.29 is 9.15 Å². The highest BCUT2D eigenvalue weighted by Gasteiger charge is 2.05. The molecule has 15 heavy (non-hydrogen) atoms. The van der Waals surface area contributed by atoms with E-state index >= 15 is 0 Å². The van der Waals surface area contributed by atoms with Crippen LogP contribution in [-0.4, -0.2) is 9.97 Å². The van der Waals surface area contributed by atoms with Crippen LogP contribution in [0.5, 0.6) is 11.8 Å². The summed E-state index contributed by atoms with van der Waals surface area (Å²) < 4.78 is 11.2. The van der Waals surface area contributed by atoms with Crippen molar-refractivity contribution in [2.75, 3.05) is 0 Å². The van der Waals surface area contributed by atoms with Gasteiger partial charge in [0, 0.05) is 17.2 Å². The molecule has 0 atom stereocenters. The Morgan fingerprint density at radius 2 is 2.33 bits per heavy atom. The summed E-state index contributed by atoms with van der Waals surface area (Å²) in [5, 5.41) is 0. The number of hydrogen-bond donors (Lipinski definition) is 1. The molecule has 2 rings (SSSR count). The smallest absolute Gasteiger partial charge is 0.399 e. The van der Waals surface area contributed by atoms with Crippen LogP contribution in [0.25, 0.3) is 0 Å². The van der Waals surface area contributed by atoms with Crippen LogP contribution in [0.3, 0.4) is 0 Å². The van der Waals surface area contributed by atoms with Crippen LogP contribution < -0.4 is 10.5 Å². The zero-order valence-electron chi connectivity index (χ0n) is 7.68. The molecule has 0 amide bonds. The van der Waals surface area contributed by atoms with Crippen LogP contribution in [0.15, 0.2) is 33.6 Å². The van der Waals surface area contributed by atoms with E-state index in [-0.39, 0.29) is 6.08 Å². The summed E-state index contributed by atoms with van der Waals surface area (Å²) in [6.07, 6.45) is 4.85. The van der Waals surface area contributed by atoms with E-state index in [1.807, 2.05) is 0 Å². The van der Waals surface area contributed by atoms with E-state index in [1.54, 1.807) is 18.5 Å². The molecule has 0 fully saturated rings. The highest BCUT2D eigenvalue weighted by Crippen LogP contribution is 2.22. The van der Waals surface area contributed by atoms with Gasteiger partial charge < -0.3 is 14.9 Å². The fourth-order valence-corrected chi connectivity index (χ4v) is 1.32. The quantitative estimate of drug-likeness (QED) is 0.924. The number of aromatic nitrogens is 2. The van der Waals surface area contributed by atoms with E-state index in [1.165, 1.54) is 6.26 Å². The van der Waals surface area contributed by atoms with Gasteiger partial charge in [-0.05, 0) is 22.0 Å². The topological polar surface area (TPSA) is 74.2 Å². The second-order valence-electron chi connectivity index (χ2n) is 2.75. The number of nitrogens with two attached hydrogens (primary N) is 1. The molecular formula is C9H8BrN3O2. The molecule has 0 spiro atoms. The van der Waals surface area contributed by atoms with Crippen LogP contribution in [0, 0.1) is 0 Å². The SMILES string of the molecule is NCc1coc(Oc2cncc(Br)c2)n1. The molecule has 2 aromatic heterocycles. The molecule has 0 unspecified atom stereocenters. The molecule has 0 aromatic carbocycles. The van der Waals surface area contributed by atoms with Crippen molar-refractivity contribution in [3.63, 3.8) is 0 Å². The Bertz CT molecular complexity index is 458. The van der Waals surface area contributed by atoms with Gasteiger partial charge in [0.05, 0.1) is 11.9 Å². The molecular weight excluding hydrogens is 262 g/mol. The van der Waals surface area contributed by atoms with Gasteiger partial charge in [-0.25, -0.2) is 0 Å². The van der Waals surface area contributed by atoms with Crippen LogP contribution in [0.4, 0.5) is 0 Å². The number of nitrogens with zero attached hydrogens (tertiary/aromatic N) is 2. The van der Waals surface area contributed by atoms with Gasteiger partial charge in [0.2, 0.25) is 0 Å². The van der Waals surface area contributed by atoms with Crippen LogP contribution in [-0.2, 0) is 6.54 Å². The normalized spacial score (nSPS) is 10.3. The summed E-state index contributed by atoms with van der Waals surface area (Å²) in [7, 11) is 0. The lowest BCUT2D eigenvalue weighted by molar-refractivity contribution is 0.329. The lowest BCUT2D eigenvalue weighted by Crippen LogP contribution is -1.95. The van der Waals surface area contributed by atoms with Crippen LogP contribution in [0.1, 0.15) is 5.69 Å². The van der Waals surface area contributed by atoms with E-state index in [9.17, 15) is 0 Å². The summed E-state index contributed by atoms with van der Waals surface area (Å²) in [5.74, 6) is 0.551. The Morgan fingerprint density at radius 1 is 1.47 bits per heavy atom. The standard InChI is InChI=1S/C9H8BrN3O2/c10-6-1-8(4-12-3-6)15-9-13-7(2-11)5-14-9/h1,3-5H,2,11H2. The molecule has 0 aliphatic rings. The highest BCUT2D eigenvalue weighted by atomic mass is 79.9. The summed E-state index contributed by atoms with van der Waals surface area (Å²) >= 11 is 3.28. The van der Waals surface area contributed by atoms with Crippen molar-refractivity contribution in [2.24, 2.45) is 5.73 Å². The van der Waals surface area contributed by atoms with E-state index < -0.39 is 0 Å². The third-order valence-electron chi connectivity index (χ3n) is 1.62. The van der Waals surface area contributed by atoms with E-state index in [0.29, 0.717) is 18.0 Å². The lowest BCUT2D eigenvalue weighted by atomic mass is 10.5. The third-order valence-corrected chi connectivity index (χ3v) is 2.06. The predicted octanol–water partition coefficient (Wildman–Crippen LogP) is 2.08. The largest absolute Gasteiger partial charge is 0.417 e.